The fourth-order valence-corrected chi connectivity index (χ4v) is 2.16. The predicted octanol–water partition coefficient (Wildman–Crippen LogP) is 1.21. The summed E-state index contributed by atoms with van der Waals surface area (Å²) in [6, 6.07) is 5.26. The first-order valence-electron chi connectivity index (χ1n) is 6.18. The van der Waals surface area contributed by atoms with Gasteiger partial charge in [-0.1, -0.05) is 6.07 Å². The summed E-state index contributed by atoms with van der Waals surface area (Å²) >= 11 is 0. The van der Waals surface area contributed by atoms with Gasteiger partial charge in [-0.3, -0.25) is 4.79 Å². The molecule has 0 bridgehead atoms. The van der Waals surface area contributed by atoms with Gasteiger partial charge in [0, 0.05) is 13.2 Å². The van der Waals surface area contributed by atoms with E-state index in [1.54, 1.807) is 12.1 Å². The molecule has 1 unspecified atom stereocenters. The van der Waals surface area contributed by atoms with Crippen molar-refractivity contribution in [3.8, 4) is 0 Å². The van der Waals surface area contributed by atoms with Crippen LogP contribution >= 0.6 is 0 Å². The molecule has 1 aliphatic rings. The topological polar surface area (TPSA) is 90.4 Å². The van der Waals surface area contributed by atoms with E-state index in [-0.39, 0.29) is 0 Å². The molecule has 1 aliphatic heterocycles. The standard InChI is InChI=1S/C13H19N3O2/c14-12-10(13(15)17)4-1-5-11(12)16-7-9-3-2-6-18-8-9/h1,4-5,9,16H,2-3,6-8,14H2,(H2,15,17). The van der Waals surface area contributed by atoms with Crippen LogP contribution in [0.1, 0.15) is 23.2 Å². The normalized spacial score (nSPS) is 19.4. The molecule has 5 N–H and O–H groups in total. The maximum atomic E-state index is 11.2. The first-order valence-corrected chi connectivity index (χ1v) is 6.18. The number of nitrogens with two attached hydrogens (primary N) is 2. The molecule has 0 aromatic heterocycles. The molecule has 0 spiro atoms. The van der Waals surface area contributed by atoms with Gasteiger partial charge in [0.25, 0.3) is 5.91 Å². The molecule has 1 fully saturated rings. The molecule has 1 heterocycles. The largest absolute Gasteiger partial charge is 0.396 e. The highest BCUT2D eigenvalue weighted by atomic mass is 16.5. The number of hydrogen-bond acceptors (Lipinski definition) is 4. The number of para-hydroxylation sites is 1. The molecule has 1 atom stereocenters. The van der Waals surface area contributed by atoms with Gasteiger partial charge in [0.2, 0.25) is 0 Å². The third kappa shape index (κ3) is 2.92. The average Bonchev–Trinajstić information content (AvgIpc) is 2.38. The Morgan fingerprint density at radius 3 is 3.00 bits per heavy atom. The fourth-order valence-electron chi connectivity index (χ4n) is 2.16. The summed E-state index contributed by atoms with van der Waals surface area (Å²) in [5, 5.41) is 3.27. The molecule has 98 valence electrons. The second kappa shape index (κ2) is 5.73. The van der Waals surface area contributed by atoms with Crippen molar-refractivity contribution in [1.82, 2.24) is 0 Å². The van der Waals surface area contributed by atoms with Gasteiger partial charge in [0.05, 0.1) is 23.5 Å². The summed E-state index contributed by atoms with van der Waals surface area (Å²) in [6.07, 6.45) is 2.26. The van der Waals surface area contributed by atoms with E-state index in [4.69, 9.17) is 16.2 Å². The first-order chi connectivity index (χ1) is 8.68. The number of rotatable bonds is 4. The third-order valence-electron chi connectivity index (χ3n) is 3.21. The van der Waals surface area contributed by atoms with Crippen molar-refractivity contribution in [3.05, 3.63) is 23.8 Å². The zero-order valence-corrected chi connectivity index (χ0v) is 10.3. The number of benzene rings is 1. The van der Waals surface area contributed by atoms with Gasteiger partial charge in [-0.05, 0) is 30.9 Å². The second-order valence-corrected chi connectivity index (χ2v) is 4.60. The van der Waals surface area contributed by atoms with Crippen LogP contribution in [-0.4, -0.2) is 25.7 Å². The van der Waals surface area contributed by atoms with E-state index in [1.807, 2.05) is 6.07 Å². The van der Waals surface area contributed by atoms with Gasteiger partial charge in [-0.25, -0.2) is 0 Å². The summed E-state index contributed by atoms with van der Waals surface area (Å²) in [5.74, 6) is -0.00691. The van der Waals surface area contributed by atoms with Gasteiger partial charge >= 0.3 is 0 Å². The van der Waals surface area contributed by atoms with Gasteiger partial charge in [0.15, 0.2) is 0 Å². The van der Waals surface area contributed by atoms with E-state index >= 15 is 0 Å². The molecule has 1 saturated heterocycles. The van der Waals surface area contributed by atoms with Crippen molar-refractivity contribution in [2.45, 2.75) is 12.8 Å². The number of nitrogens with one attached hydrogen (secondary N) is 1. The molecule has 5 nitrogen and oxygen atoms in total. The maximum Gasteiger partial charge on any atom is 0.250 e. The van der Waals surface area contributed by atoms with E-state index in [0.717, 1.165) is 38.3 Å². The van der Waals surface area contributed by atoms with Gasteiger partial charge in [-0.15, -0.1) is 0 Å². The minimum atomic E-state index is -0.503. The lowest BCUT2D eigenvalue weighted by molar-refractivity contribution is 0.0595. The van der Waals surface area contributed by atoms with E-state index in [0.29, 0.717) is 17.2 Å². The third-order valence-corrected chi connectivity index (χ3v) is 3.21. The zero-order valence-electron chi connectivity index (χ0n) is 10.3. The first kappa shape index (κ1) is 12.7. The molecule has 5 heteroatoms. The molecule has 1 amide bonds. The lowest BCUT2D eigenvalue weighted by Gasteiger charge is -2.23. The number of primary amides is 1. The monoisotopic (exact) mass is 249 g/mol. The molecule has 1 aromatic rings. The van der Waals surface area contributed by atoms with Crippen LogP contribution in [0.15, 0.2) is 18.2 Å². The summed E-state index contributed by atoms with van der Waals surface area (Å²) in [7, 11) is 0. The van der Waals surface area contributed by atoms with Crippen LogP contribution in [0.25, 0.3) is 0 Å². The molecule has 2 rings (SSSR count). The molecular weight excluding hydrogens is 230 g/mol. The number of carbonyl (C=O) groups excluding carboxylic acids is 1. The SMILES string of the molecule is NC(=O)c1cccc(NCC2CCCOC2)c1N. The van der Waals surface area contributed by atoms with Crippen molar-refractivity contribution in [3.63, 3.8) is 0 Å². The Labute approximate surface area is 106 Å². The summed E-state index contributed by atoms with van der Waals surface area (Å²) < 4.78 is 5.42. The van der Waals surface area contributed by atoms with E-state index < -0.39 is 5.91 Å². The minimum Gasteiger partial charge on any atom is -0.396 e. The Hall–Kier alpha value is -1.75. The Morgan fingerprint density at radius 1 is 1.50 bits per heavy atom. The smallest absolute Gasteiger partial charge is 0.250 e. The summed E-state index contributed by atoms with van der Waals surface area (Å²) in [4.78, 5) is 11.2. The lowest BCUT2D eigenvalue weighted by atomic mass is 10.0. The highest BCUT2D eigenvalue weighted by Gasteiger charge is 2.15. The number of hydrogen-bond donors (Lipinski definition) is 3. The average molecular weight is 249 g/mol. The number of anilines is 2. The highest BCUT2D eigenvalue weighted by molar-refractivity contribution is 6.00. The molecule has 18 heavy (non-hydrogen) atoms. The van der Waals surface area contributed by atoms with Gasteiger partial charge < -0.3 is 21.5 Å². The molecule has 0 aliphatic carbocycles. The summed E-state index contributed by atoms with van der Waals surface area (Å²) in [6.45, 7) is 2.44. The lowest BCUT2D eigenvalue weighted by Crippen LogP contribution is -2.25. The van der Waals surface area contributed by atoms with Crippen LogP contribution in [0.5, 0.6) is 0 Å². The number of amides is 1. The Bertz CT molecular complexity index is 428. The van der Waals surface area contributed by atoms with Gasteiger partial charge in [-0.2, -0.15) is 0 Å². The van der Waals surface area contributed by atoms with E-state index in [9.17, 15) is 4.79 Å². The van der Waals surface area contributed by atoms with Gasteiger partial charge in [0.1, 0.15) is 0 Å². The molecule has 0 saturated carbocycles. The minimum absolute atomic E-state index is 0.361. The quantitative estimate of drug-likeness (QED) is 0.699. The molecule has 0 radical (unpaired) electrons. The maximum absolute atomic E-state index is 11.2. The fraction of sp³-hybridized carbons (Fsp3) is 0.462. The molecular formula is C13H19N3O2. The number of nitrogen functional groups attached to an aromatic ring is 1. The van der Waals surface area contributed by atoms with Crippen molar-refractivity contribution < 1.29 is 9.53 Å². The van der Waals surface area contributed by atoms with Crippen LogP contribution in [0.4, 0.5) is 11.4 Å². The van der Waals surface area contributed by atoms with Crippen LogP contribution in [-0.2, 0) is 4.74 Å². The number of ether oxygens (including phenoxy) is 1. The zero-order chi connectivity index (χ0) is 13.0. The predicted molar refractivity (Wildman–Crippen MR) is 71.4 cm³/mol. The summed E-state index contributed by atoms with van der Waals surface area (Å²) in [5.41, 5.74) is 12.7. The number of carbonyl (C=O) groups is 1. The van der Waals surface area contributed by atoms with Crippen molar-refractivity contribution in [2.24, 2.45) is 11.7 Å². The van der Waals surface area contributed by atoms with Crippen LogP contribution in [0, 0.1) is 5.92 Å². The van der Waals surface area contributed by atoms with Crippen LogP contribution < -0.4 is 16.8 Å². The van der Waals surface area contributed by atoms with Crippen molar-refractivity contribution >= 4 is 17.3 Å². The van der Waals surface area contributed by atoms with Crippen LogP contribution in [0.3, 0.4) is 0 Å². The Balaban J connectivity index is 2.00. The van der Waals surface area contributed by atoms with E-state index in [2.05, 4.69) is 5.32 Å². The molecule has 1 aromatic carbocycles. The second-order valence-electron chi connectivity index (χ2n) is 4.60. The van der Waals surface area contributed by atoms with Crippen LogP contribution in [0.2, 0.25) is 0 Å². The van der Waals surface area contributed by atoms with E-state index in [1.165, 1.54) is 0 Å². The highest BCUT2D eigenvalue weighted by Crippen LogP contribution is 2.23. The van der Waals surface area contributed by atoms with Crippen molar-refractivity contribution in [1.29, 1.82) is 0 Å². The Kier molecular flexibility index (Phi) is 4.04. The Morgan fingerprint density at radius 2 is 2.33 bits per heavy atom. The van der Waals surface area contributed by atoms with Crippen molar-refractivity contribution in [2.75, 3.05) is 30.8 Å².